The van der Waals surface area contributed by atoms with Crippen molar-refractivity contribution in [3.8, 4) is 16.9 Å². The minimum absolute atomic E-state index is 0.0778. The van der Waals surface area contributed by atoms with Crippen molar-refractivity contribution in [1.82, 2.24) is 0 Å². The summed E-state index contributed by atoms with van der Waals surface area (Å²) in [5, 5.41) is 10.2. The fourth-order valence-corrected chi connectivity index (χ4v) is 8.43. The van der Waals surface area contributed by atoms with Crippen molar-refractivity contribution in [3.05, 3.63) is 59.2 Å². The maximum Gasteiger partial charge on any atom is 0.336 e. The summed E-state index contributed by atoms with van der Waals surface area (Å²) in [6.07, 6.45) is 10.6. The second-order valence-corrected chi connectivity index (χ2v) is 18.5. The zero-order chi connectivity index (χ0) is 28.2. The smallest absolute Gasteiger partial charge is 0.336 e. The Kier molecular flexibility index (Phi) is 7.07. The molecule has 0 aromatic heterocycles. The molecule has 0 heterocycles. The highest BCUT2D eigenvalue weighted by molar-refractivity contribution is 6.74. The van der Waals surface area contributed by atoms with Crippen LogP contribution in [0.2, 0.25) is 18.1 Å². The Morgan fingerprint density at radius 2 is 1.59 bits per heavy atom. The van der Waals surface area contributed by atoms with Crippen LogP contribution in [0.1, 0.15) is 80.8 Å². The number of carboxylic acid groups (broad SMARTS) is 1. The molecule has 4 saturated carbocycles. The van der Waals surface area contributed by atoms with Crippen molar-refractivity contribution in [2.24, 2.45) is 17.8 Å². The van der Waals surface area contributed by atoms with Crippen LogP contribution in [0, 0.1) is 17.8 Å². The third kappa shape index (κ3) is 5.32. The van der Waals surface area contributed by atoms with Gasteiger partial charge in [0.25, 0.3) is 0 Å². The molecule has 39 heavy (non-hydrogen) atoms. The van der Waals surface area contributed by atoms with Gasteiger partial charge >= 0.3 is 11.9 Å². The molecule has 2 aromatic carbocycles. The third-order valence-electron chi connectivity index (χ3n) is 9.96. The van der Waals surface area contributed by atoms with Gasteiger partial charge in [-0.25, -0.2) is 9.59 Å². The van der Waals surface area contributed by atoms with E-state index in [-0.39, 0.29) is 16.0 Å². The molecule has 0 radical (unpaired) electrons. The molecular weight excluding hydrogens is 504 g/mol. The summed E-state index contributed by atoms with van der Waals surface area (Å²) in [6.45, 7) is 11.4. The average Bonchev–Trinajstić information content (AvgIpc) is 2.85. The van der Waals surface area contributed by atoms with Crippen molar-refractivity contribution < 1.29 is 23.9 Å². The van der Waals surface area contributed by atoms with E-state index in [0.29, 0.717) is 11.1 Å². The van der Waals surface area contributed by atoms with Gasteiger partial charge in [-0.05, 0) is 126 Å². The van der Waals surface area contributed by atoms with Gasteiger partial charge in [-0.1, -0.05) is 39.0 Å². The van der Waals surface area contributed by atoms with Crippen LogP contribution in [-0.4, -0.2) is 32.5 Å². The molecule has 4 fully saturated rings. The van der Waals surface area contributed by atoms with Crippen molar-refractivity contribution in [3.63, 3.8) is 0 Å². The quantitative estimate of drug-likeness (QED) is 0.216. The van der Waals surface area contributed by atoms with Gasteiger partial charge in [0.1, 0.15) is 5.75 Å². The zero-order valence-corrected chi connectivity index (χ0v) is 25.2. The van der Waals surface area contributed by atoms with Gasteiger partial charge in [0.2, 0.25) is 8.32 Å². The number of hydrogen-bond acceptors (Lipinski definition) is 4. The van der Waals surface area contributed by atoms with Crippen molar-refractivity contribution in [2.45, 2.75) is 82.8 Å². The lowest BCUT2D eigenvalue weighted by Crippen LogP contribution is -2.49. The molecule has 1 N–H and O–H groups in total. The molecule has 4 aliphatic carbocycles. The lowest BCUT2D eigenvalue weighted by atomic mass is 9.48. The molecule has 0 aliphatic heterocycles. The summed E-state index contributed by atoms with van der Waals surface area (Å²) in [4.78, 5) is 23.9. The number of hydrogen-bond donors (Lipinski definition) is 1. The molecule has 4 bridgehead atoms. The van der Waals surface area contributed by atoms with Crippen LogP contribution >= 0.6 is 0 Å². The second kappa shape index (κ2) is 9.95. The Hall–Kier alpha value is -2.86. The maximum atomic E-state index is 12.4. The number of carboxylic acids is 1. The minimum Gasteiger partial charge on any atom is -0.543 e. The largest absolute Gasteiger partial charge is 0.543 e. The van der Waals surface area contributed by atoms with Crippen LogP contribution < -0.4 is 4.43 Å². The van der Waals surface area contributed by atoms with Gasteiger partial charge < -0.3 is 14.3 Å². The van der Waals surface area contributed by atoms with Crippen LogP contribution in [0.25, 0.3) is 17.2 Å². The molecule has 0 atom stereocenters. The highest BCUT2D eigenvalue weighted by Crippen LogP contribution is 2.62. The topological polar surface area (TPSA) is 72.8 Å². The molecular formula is C33H42O5Si. The molecule has 208 valence electrons. The fourth-order valence-electron chi connectivity index (χ4n) is 7.40. The Morgan fingerprint density at radius 3 is 2.13 bits per heavy atom. The summed E-state index contributed by atoms with van der Waals surface area (Å²) in [7, 11) is -0.767. The number of esters is 1. The lowest BCUT2D eigenvalue weighted by Gasteiger charge is -2.57. The van der Waals surface area contributed by atoms with Crippen LogP contribution in [0.5, 0.6) is 5.75 Å². The van der Waals surface area contributed by atoms with Gasteiger partial charge in [0.05, 0.1) is 12.7 Å². The van der Waals surface area contributed by atoms with Gasteiger partial charge in [0.15, 0.2) is 0 Å². The molecule has 0 amide bonds. The molecule has 5 nitrogen and oxygen atoms in total. The van der Waals surface area contributed by atoms with Gasteiger partial charge in [-0.15, -0.1) is 0 Å². The van der Waals surface area contributed by atoms with E-state index in [4.69, 9.17) is 4.43 Å². The van der Waals surface area contributed by atoms with E-state index in [9.17, 15) is 14.7 Å². The number of methoxy groups -OCH3 is 1. The van der Waals surface area contributed by atoms with Gasteiger partial charge in [-0.2, -0.15) is 0 Å². The molecule has 6 heteroatoms. The SMILES string of the molecule is COC(=O)C=Cc1ccc(-c2ccc(O[Si](C)(C)C(C)(C)C)c(C34CC5CC(CC(C5)C3)C4)c2)c(C(=O)O)c1. The Morgan fingerprint density at radius 1 is 0.974 bits per heavy atom. The standard InChI is InChI=1S/C33H42O5Si/c1-32(2,3)39(5,6)38-29-11-9-25(17-28(29)33-18-22-13-23(19-33)15-24(14-22)20-33)26-10-7-21(8-12-30(34)37-4)16-27(26)31(35)36/h7-12,16-17,22-24H,13-15,18-20H2,1-6H3,(H,35,36). The molecule has 6 rings (SSSR count). The second-order valence-electron chi connectivity index (χ2n) is 13.7. The van der Waals surface area contributed by atoms with Crippen LogP contribution in [0.15, 0.2) is 42.5 Å². The number of aromatic carboxylic acids is 1. The van der Waals surface area contributed by atoms with Crippen LogP contribution in [0.3, 0.4) is 0 Å². The maximum absolute atomic E-state index is 12.4. The van der Waals surface area contributed by atoms with Crippen LogP contribution in [-0.2, 0) is 14.9 Å². The van der Waals surface area contributed by atoms with Crippen molar-refractivity contribution in [2.75, 3.05) is 7.11 Å². The van der Waals surface area contributed by atoms with Gasteiger partial charge in [-0.3, -0.25) is 0 Å². The van der Waals surface area contributed by atoms with Crippen molar-refractivity contribution >= 4 is 26.3 Å². The number of carbonyl (C=O) groups excluding carboxylic acids is 1. The van der Waals surface area contributed by atoms with Crippen LogP contribution in [0.4, 0.5) is 0 Å². The molecule has 0 spiro atoms. The molecule has 2 aromatic rings. The predicted octanol–water partition coefficient (Wildman–Crippen LogP) is 8.09. The first-order chi connectivity index (χ1) is 18.3. The molecule has 0 saturated heterocycles. The first-order valence-corrected chi connectivity index (χ1v) is 17.2. The summed E-state index contributed by atoms with van der Waals surface area (Å²) in [5.74, 6) is 1.90. The Labute approximate surface area is 233 Å². The van der Waals surface area contributed by atoms with E-state index < -0.39 is 20.3 Å². The lowest BCUT2D eigenvalue weighted by molar-refractivity contribution is -0.134. The first kappa shape index (κ1) is 27.7. The zero-order valence-electron chi connectivity index (χ0n) is 24.2. The van der Waals surface area contributed by atoms with E-state index in [0.717, 1.165) is 29.1 Å². The van der Waals surface area contributed by atoms with E-state index >= 15 is 0 Å². The normalized spacial score (nSPS) is 26.2. The van der Waals surface area contributed by atoms with Crippen molar-refractivity contribution in [1.29, 1.82) is 0 Å². The highest BCUT2D eigenvalue weighted by atomic mass is 28.4. The number of benzene rings is 2. The van der Waals surface area contributed by atoms with E-state index in [1.807, 2.05) is 18.2 Å². The summed E-state index contributed by atoms with van der Waals surface area (Å²) < 4.78 is 11.7. The van der Waals surface area contributed by atoms with E-state index in [2.05, 4.69) is 50.7 Å². The minimum atomic E-state index is -2.09. The predicted molar refractivity (Wildman–Crippen MR) is 158 cm³/mol. The van der Waals surface area contributed by atoms with Gasteiger partial charge in [0, 0.05) is 6.08 Å². The third-order valence-corrected chi connectivity index (χ3v) is 14.3. The number of carbonyl (C=O) groups is 2. The fraction of sp³-hybridized carbons (Fsp3) is 0.515. The van der Waals surface area contributed by atoms with E-state index in [1.165, 1.54) is 57.3 Å². The summed E-state index contributed by atoms with van der Waals surface area (Å²) in [6, 6.07) is 11.7. The number of ether oxygens (including phenoxy) is 1. The number of rotatable bonds is 7. The Bertz CT molecular complexity index is 1280. The monoisotopic (exact) mass is 546 g/mol. The molecule has 4 aliphatic rings. The Balaban J connectivity index is 1.61. The first-order valence-electron chi connectivity index (χ1n) is 14.3. The van der Waals surface area contributed by atoms with E-state index in [1.54, 1.807) is 12.1 Å². The highest BCUT2D eigenvalue weighted by Gasteiger charge is 2.53. The average molecular weight is 547 g/mol. The summed E-state index contributed by atoms with van der Waals surface area (Å²) >= 11 is 0. The molecule has 0 unspecified atom stereocenters. The summed E-state index contributed by atoms with van der Waals surface area (Å²) in [5.41, 5.74) is 3.84.